The summed E-state index contributed by atoms with van der Waals surface area (Å²) in [6.07, 6.45) is 0.899. The molecule has 0 aromatic heterocycles. The summed E-state index contributed by atoms with van der Waals surface area (Å²) in [6, 6.07) is 24.9. The van der Waals surface area contributed by atoms with Gasteiger partial charge in [-0.1, -0.05) is 71.8 Å². The SMILES string of the molecule is Cc1ccc(C(=O)N2CCc3ccccc3[C@@H]2c2ccc(C)cc2)cc1. The molecule has 2 nitrogen and oxygen atoms in total. The zero-order valence-electron chi connectivity index (χ0n) is 15.3. The van der Waals surface area contributed by atoms with Crippen molar-refractivity contribution < 1.29 is 4.79 Å². The first-order valence-electron chi connectivity index (χ1n) is 9.15. The number of amides is 1. The molecule has 1 aliphatic rings. The first kappa shape index (κ1) is 16.6. The van der Waals surface area contributed by atoms with Gasteiger partial charge in [0.15, 0.2) is 0 Å². The Morgan fingerprint density at radius 3 is 2.15 bits per heavy atom. The van der Waals surface area contributed by atoms with E-state index in [0.717, 1.165) is 18.5 Å². The normalized spacial score (nSPS) is 16.2. The molecule has 0 saturated carbocycles. The molecule has 0 N–H and O–H groups in total. The van der Waals surface area contributed by atoms with E-state index in [-0.39, 0.29) is 11.9 Å². The Bertz CT molecular complexity index is 925. The summed E-state index contributed by atoms with van der Waals surface area (Å²) in [7, 11) is 0. The molecule has 0 aliphatic carbocycles. The molecule has 0 saturated heterocycles. The molecule has 0 bridgehead atoms. The lowest BCUT2D eigenvalue weighted by Gasteiger charge is -2.38. The highest BCUT2D eigenvalue weighted by Gasteiger charge is 2.32. The van der Waals surface area contributed by atoms with Gasteiger partial charge in [-0.2, -0.15) is 0 Å². The van der Waals surface area contributed by atoms with Gasteiger partial charge in [-0.05, 0) is 49.1 Å². The van der Waals surface area contributed by atoms with Gasteiger partial charge >= 0.3 is 0 Å². The second-order valence-electron chi connectivity index (χ2n) is 7.13. The Morgan fingerprint density at radius 1 is 0.846 bits per heavy atom. The van der Waals surface area contributed by atoms with E-state index < -0.39 is 0 Å². The van der Waals surface area contributed by atoms with Crippen molar-refractivity contribution in [2.24, 2.45) is 0 Å². The van der Waals surface area contributed by atoms with Gasteiger partial charge in [-0.3, -0.25) is 4.79 Å². The summed E-state index contributed by atoms with van der Waals surface area (Å²) >= 11 is 0. The quantitative estimate of drug-likeness (QED) is 0.636. The second-order valence-corrected chi connectivity index (χ2v) is 7.13. The van der Waals surface area contributed by atoms with E-state index in [0.29, 0.717) is 0 Å². The third-order valence-corrected chi connectivity index (χ3v) is 5.24. The van der Waals surface area contributed by atoms with Crippen LogP contribution in [0.5, 0.6) is 0 Å². The van der Waals surface area contributed by atoms with Gasteiger partial charge in [0.05, 0.1) is 6.04 Å². The molecule has 0 unspecified atom stereocenters. The number of carbonyl (C=O) groups excluding carboxylic acids is 1. The van der Waals surface area contributed by atoms with Crippen molar-refractivity contribution in [1.29, 1.82) is 0 Å². The van der Waals surface area contributed by atoms with Crippen molar-refractivity contribution in [1.82, 2.24) is 4.90 Å². The van der Waals surface area contributed by atoms with Crippen LogP contribution in [-0.2, 0) is 6.42 Å². The first-order chi connectivity index (χ1) is 12.6. The molecule has 130 valence electrons. The number of aryl methyl sites for hydroxylation is 2. The lowest BCUT2D eigenvalue weighted by Crippen LogP contribution is -2.40. The molecular weight excluding hydrogens is 318 g/mol. The molecule has 4 rings (SSSR count). The summed E-state index contributed by atoms with van der Waals surface area (Å²) in [5.41, 5.74) is 6.90. The third-order valence-electron chi connectivity index (χ3n) is 5.24. The summed E-state index contributed by atoms with van der Waals surface area (Å²) in [5.74, 6) is 0.102. The van der Waals surface area contributed by atoms with Crippen LogP contribution in [0.3, 0.4) is 0 Å². The highest BCUT2D eigenvalue weighted by atomic mass is 16.2. The number of carbonyl (C=O) groups is 1. The van der Waals surface area contributed by atoms with E-state index in [1.54, 1.807) is 0 Å². The van der Waals surface area contributed by atoms with Crippen LogP contribution in [0.4, 0.5) is 0 Å². The van der Waals surface area contributed by atoms with Crippen LogP contribution in [0, 0.1) is 13.8 Å². The molecule has 1 heterocycles. The van der Waals surface area contributed by atoms with E-state index in [9.17, 15) is 4.79 Å². The Balaban J connectivity index is 1.78. The fourth-order valence-electron chi connectivity index (χ4n) is 3.76. The van der Waals surface area contributed by atoms with Crippen LogP contribution in [0.1, 0.15) is 44.2 Å². The molecule has 3 aromatic rings. The Kier molecular flexibility index (Phi) is 4.34. The largest absolute Gasteiger partial charge is 0.327 e. The molecule has 2 heteroatoms. The van der Waals surface area contributed by atoms with E-state index >= 15 is 0 Å². The predicted molar refractivity (Wildman–Crippen MR) is 105 cm³/mol. The van der Waals surface area contributed by atoms with E-state index in [1.165, 1.54) is 27.8 Å². The highest BCUT2D eigenvalue weighted by Crippen LogP contribution is 2.36. The minimum Gasteiger partial charge on any atom is -0.327 e. The van der Waals surface area contributed by atoms with Crippen molar-refractivity contribution in [3.63, 3.8) is 0 Å². The maximum absolute atomic E-state index is 13.3. The molecule has 1 amide bonds. The zero-order valence-corrected chi connectivity index (χ0v) is 15.3. The van der Waals surface area contributed by atoms with E-state index in [4.69, 9.17) is 0 Å². The fraction of sp³-hybridized carbons (Fsp3) is 0.208. The summed E-state index contributed by atoms with van der Waals surface area (Å²) in [5, 5.41) is 0. The monoisotopic (exact) mass is 341 g/mol. The lowest BCUT2D eigenvalue weighted by atomic mass is 9.87. The smallest absolute Gasteiger partial charge is 0.254 e. The molecule has 1 aliphatic heterocycles. The minimum atomic E-state index is -0.0330. The minimum absolute atomic E-state index is 0.0330. The summed E-state index contributed by atoms with van der Waals surface area (Å²) in [4.78, 5) is 15.3. The van der Waals surface area contributed by atoms with Gasteiger partial charge in [0.25, 0.3) is 5.91 Å². The van der Waals surface area contributed by atoms with Crippen LogP contribution >= 0.6 is 0 Å². The number of rotatable bonds is 2. The number of hydrogen-bond donors (Lipinski definition) is 0. The molecule has 3 aromatic carbocycles. The van der Waals surface area contributed by atoms with Gasteiger partial charge in [0.2, 0.25) is 0 Å². The maximum atomic E-state index is 13.3. The number of nitrogens with zero attached hydrogens (tertiary/aromatic N) is 1. The van der Waals surface area contributed by atoms with Crippen LogP contribution in [0.25, 0.3) is 0 Å². The molecule has 0 radical (unpaired) electrons. The highest BCUT2D eigenvalue weighted by molar-refractivity contribution is 5.95. The first-order valence-corrected chi connectivity index (χ1v) is 9.15. The van der Waals surface area contributed by atoms with Crippen LogP contribution < -0.4 is 0 Å². The standard InChI is InChI=1S/C24H23NO/c1-17-7-11-20(12-8-17)23-22-6-4-3-5-19(22)15-16-25(23)24(26)21-13-9-18(2)10-14-21/h3-14,23H,15-16H2,1-2H3/t23-/m0/s1. The van der Waals surface area contributed by atoms with Gasteiger partial charge in [0, 0.05) is 12.1 Å². The van der Waals surface area contributed by atoms with Gasteiger partial charge < -0.3 is 4.90 Å². The average molecular weight is 341 g/mol. The van der Waals surface area contributed by atoms with Gasteiger partial charge in [-0.15, -0.1) is 0 Å². The third kappa shape index (κ3) is 3.03. The topological polar surface area (TPSA) is 20.3 Å². The second kappa shape index (κ2) is 6.80. The number of benzene rings is 3. The van der Waals surface area contributed by atoms with Crippen molar-refractivity contribution in [2.75, 3.05) is 6.54 Å². The fourth-order valence-corrected chi connectivity index (χ4v) is 3.76. The maximum Gasteiger partial charge on any atom is 0.254 e. The van der Waals surface area contributed by atoms with Crippen LogP contribution in [0.2, 0.25) is 0 Å². The molecule has 0 spiro atoms. The van der Waals surface area contributed by atoms with Crippen molar-refractivity contribution in [3.8, 4) is 0 Å². The van der Waals surface area contributed by atoms with E-state index in [2.05, 4.69) is 55.5 Å². The Morgan fingerprint density at radius 2 is 1.46 bits per heavy atom. The van der Waals surface area contributed by atoms with E-state index in [1.807, 2.05) is 36.1 Å². The average Bonchev–Trinajstić information content (AvgIpc) is 2.68. The Labute approximate surface area is 155 Å². The van der Waals surface area contributed by atoms with Crippen molar-refractivity contribution in [3.05, 3.63) is 106 Å². The van der Waals surface area contributed by atoms with Crippen molar-refractivity contribution in [2.45, 2.75) is 26.3 Å². The number of hydrogen-bond acceptors (Lipinski definition) is 1. The molecule has 26 heavy (non-hydrogen) atoms. The summed E-state index contributed by atoms with van der Waals surface area (Å²) in [6.45, 7) is 4.87. The zero-order chi connectivity index (χ0) is 18.1. The lowest BCUT2D eigenvalue weighted by molar-refractivity contribution is 0.0694. The van der Waals surface area contributed by atoms with Crippen LogP contribution in [0.15, 0.2) is 72.8 Å². The van der Waals surface area contributed by atoms with Gasteiger partial charge in [-0.25, -0.2) is 0 Å². The molecule has 1 atom stereocenters. The Hall–Kier alpha value is -2.87. The van der Waals surface area contributed by atoms with Crippen LogP contribution in [-0.4, -0.2) is 17.4 Å². The molecular formula is C24H23NO. The summed E-state index contributed by atoms with van der Waals surface area (Å²) < 4.78 is 0. The van der Waals surface area contributed by atoms with Crippen molar-refractivity contribution >= 4 is 5.91 Å². The molecule has 0 fully saturated rings. The predicted octanol–water partition coefficient (Wildman–Crippen LogP) is 5.09. The number of fused-ring (bicyclic) bond motifs is 1. The van der Waals surface area contributed by atoms with Gasteiger partial charge in [0.1, 0.15) is 0 Å².